The highest BCUT2D eigenvalue weighted by atomic mass is 32.2. The molecule has 1 amide bonds. The van der Waals surface area contributed by atoms with E-state index in [1.165, 1.54) is 12.1 Å². The van der Waals surface area contributed by atoms with Gasteiger partial charge in [0.05, 0.1) is 11.4 Å². The Balaban J connectivity index is 1.78. The van der Waals surface area contributed by atoms with Gasteiger partial charge in [-0.25, -0.2) is 22.7 Å². The number of carboxylic acid groups (broad SMARTS) is 1. The van der Waals surface area contributed by atoms with Gasteiger partial charge in [0.25, 0.3) is 0 Å². The van der Waals surface area contributed by atoms with Gasteiger partial charge in [0.2, 0.25) is 10.0 Å². The summed E-state index contributed by atoms with van der Waals surface area (Å²) in [5.41, 5.74) is 1.52. The zero-order chi connectivity index (χ0) is 23.5. The van der Waals surface area contributed by atoms with E-state index in [1.807, 2.05) is 30.3 Å². The molecule has 8 nitrogen and oxygen atoms in total. The monoisotopic (exact) mass is 460 g/mol. The van der Waals surface area contributed by atoms with Crippen LogP contribution in [0, 0.1) is 0 Å². The summed E-state index contributed by atoms with van der Waals surface area (Å²) in [5, 5.41) is 9.60. The van der Waals surface area contributed by atoms with Gasteiger partial charge < -0.3 is 9.84 Å². The van der Waals surface area contributed by atoms with Crippen molar-refractivity contribution < 1.29 is 27.9 Å². The molecule has 2 aromatic rings. The van der Waals surface area contributed by atoms with Crippen molar-refractivity contribution in [1.29, 1.82) is 0 Å². The highest BCUT2D eigenvalue weighted by Gasteiger charge is 2.37. The van der Waals surface area contributed by atoms with Crippen LogP contribution in [0.3, 0.4) is 0 Å². The fourth-order valence-electron chi connectivity index (χ4n) is 3.52. The van der Waals surface area contributed by atoms with Gasteiger partial charge in [0.1, 0.15) is 11.6 Å². The Labute approximate surface area is 188 Å². The van der Waals surface area contributed by atoms with Crippen LogP contribution in [-0.4, -0.2) is 48.7 Å². The lowest BCUT2D eigenvalue weighted by Gasteiger charge is -2.35. The number of nitrogens with zero attached hydrogens (tertiary/aromatic N) is 1. The van der Waals surface area contributed by atoms with Gasteiger partial charge in [-0.1, -0.05) is 36.4 Å². The van der Waals surface area contributed by atoms with E-state index in [0.29, 0.717) is 17.5 Å². The van der Waals surface area contributed by atoms with Crippen LogP contribution in [0.1, 0.15) is 37.5 Å². The van der Waals surface area contributed by atoms with E-state index in [1.54, 1.807) is 26.8 Å². The number of carbonyl (C=O) groups excluding carboxylic acids is 1. The summed E-state index contributed by atoms with van der Waals surface area (Å²) >= 11 is 0. The van der Waals surface area contributed by atoms with E-state index in [-0.39, 0.29) is 24.4 Å². The molecule has 1 atom stereocenters. The Kier molecular flexibility index (Phi) is 6.90. The molecule has 1 unspecified atom stereocenters. The summed E-state index contributed by atoms with van der Waals surface area (Å²) in [6.07, 6.45) is -0.117. The number of hydrogen-bond acceptors (Lipinski definition) is 5. The molecular weight excluding hydrogens is 432 g/mol. The predicted octanol–water partition coefficient (Wildman–Crippen LogP) is 2.95. The van der Waals surface area contributed by atoms with Crippen molar-refractivity contribution in [2.45, 2.75) is 56.7 Å². The summed E-state index contributed by atoms with van der Waals surface area (Å²) in [5.74, 6) is -1.14. The average Bonchev–Trinajstić information content (AvgIpc) is 2.71. The second-order valence-electron chi connectivity index (χ2n) is 8.73. The van der Waals surface area contributed by atoms with Crippen LogP contribution in [0.4, 0.5) is 4.79 Å². The van der Waals surface area contributed by atoms with Crippen LogP contribution in [-0.2, 0) is 38.9 Å². The number of ether oxygens (including phenoxy) is 1. The van der Waals surface area contributed by atoms with E-state index < -0.39 is 33.7 Å². The van der Waals surface area contributed by atoms with E-state index in [4.69, 9.17) is 4.74 Å². The molecule has 0 aromatic heterocycles. The zero-order valence-corrected chi connectivity index (χ0v) is 19.2. The molecule has 0 fully saturated rings. The Morgan fingerprint density at radius 1 is 1.12 bits per heavy atom. The van der Waals surface area contributed by atoms with E-state index in [2.05, 4.69) is 4.72 Å². The Bertz CT molecular complexity index is 1090. The minimum Gasteiger partial charge on any atom is -0.480 e. The van der Waals surface area contributed by atoms with Crippen LogP contribution in [0.2, 0.25) is 0 Å². The molecule has 0 spiro atoms. The standard InChI is InChI=1S/C23H28N2O6S/c1-23(2,3)31-22(28)25-15-18-13-19(10-9-17(18)14-20(25)21(26)27)32(29,30)24-12-11-16-7-5-4-6-8-16/h4-10,13,20,24H,11-12,14-15H2,1-3H3,(H,26,27). The average molecular weight is 461 g/mol. The second kappa shape index (κ2) is 9.30. The molecule has 172 valence electrons. The summed E-state index contributed by atoms with van der Waals surface area (Å²) in [7, 11) is -3.76. The van der Waals surface area contributed by atoms with Crippen molar-refractivity contribution in [2.24, 2.45) is 0 Å². The number of benzene rings is 2. The van der Waals surface area contributed by atoms with Gasteiger partial charge in [0, 0.05) is 13.0 Å². The number of carboxylic acids is 1. The number of carbonyl (C=O) groups is 2. The van der Waals surface area contributed by atoms with E-state index in [9.17, 15) is 23.1 Å². The van der Waals surface area contributed by atoms with Crippen molar-refractivity contribution in [3.63, 3.8) is 0 Å². The molecule has 9 heteroatoms. The lowest BCUT2D eigenvalue weighted by molar-refractivity contribution is -0.143. The number of rotatable bonds is 6. The van der Waals surface area contributed by atoms with Gasteiger partial charge in [-0.15, -0.1) is 0 Å². The molecule has 32 heavy (non-hydrogen) atoms. The molecule has 2 aromatic carbocycles. The van der Waals surface area contributed by atoms with Crippen molar-refractivity contribution in [3.05, 3.63) is 65.2 Å². The molecule has 0 saturated heterocycles. The number of fused-ring (bicyclic) bond motifs is 1. The van der Waals surface area contributed by atoms with Crippen LogP contribution in [0.5, 0.6) is 0 Å². The third-order valence-corrected chi connectivity index (χ3v) is 6.54. The predicted molar refractivity (Wildman–Crippen MR) is 119 cm³/mol. The summed E-state index contributed by atoms with van der Waals surface area (Å²) in [4.78, 5) is 25.6. The largest absolute Gasteiger partial charge is 0.480 e. The second-order valence-corrected chi connectivity index (χ2v) is 10.5. The van der Waals surface area contributed by atoms with Crippen LogP contribution in [0.15, 0.2) is 53.4 Å². The topological polar surface area (TPSA) is 113 Å². The van der Waals surface area contributed by atoms with Crippen molar-refractivity contribution >= 4 is 22.1 Å². The van der Waals surface area contributed by atoms with E-state index in [0.717, 1.165) is 10.5 Å². The smallest absolute Gasteiger partial charge is 0.411 e. The van der Waals surface area contributed by atoms with Crippen molar-refractivity contribution in [1.82, 2.24) is 9.62 Å². The summed E-state index contributed by atoms with van der Waals surface area (Å²) in [6, 6.07) is 13.0. The molecular formula is C23H28N2O6S. The first-order valence-corrected chi connectivity index (χ1v) is 11.8. The molecule has 0 bridgehead atoms. The molecule has 0 aliphatic carbocycles. The minimum absolute atomic E-state index is 0.0470. The highest BCUT2D eigenvalue weighted by molar-refractivity contribution is 7.89. The number of aliphatic carboxylic acids is 1. The maximum absolute atomic E-state index is 12.8. The maximum Gasteiger partial charge on any atom is 0.411 e. The fraction of sp³-hybridized carbons (Fsp3) is 0.391. The van der Waals surface area contributed by atoms with Crippen molar-refractivity contribution in [3.8, 4) is 0 Å². The lowest BCUT2D eigenvalue weighted by atomic mass is 9.94. The molecule has 2 N–H and O–H groups in total. The number of hydrogen-bond donors (Lipinski definition) is 2. The third kappa shape index (κ3) is 5.86. The minimum atomic E-state index is -3.76. The first-order chi connectivity index (χ1) is 15.0. The first kappa shape index (κ1) is 23.7. The Morgan fingerprint density at radius 2 is 1.81 bits per heavy atom. The molecule has 3 rings (SSSR count). The molecule has 1 aliphatic rings. The number of nitrogens with one attached hydrogen (secondary N) is 1. The van der Waals surface area contributed by atoms with Crippen LogP contribution >= 0.6 is 0 Å². The Hall–Kier alpha value is -2.91. The fourth-order valence-corrected chi connectivity index (χ4v) is 4.60. The Morgan fingerprint density at radius 3 is 2.44 bits per heavy atom. The van der Waals surface area contributed by atoms with Crippen LogP contribution < -0.4 is 4.72 Å². The zero-order valence-electron chi connectivity index (χ0n) is 18.4. The lowest BCUT2D eigenvalue weighted by Crippen LogP contribution is -2.50. The summed E-state index contributed by atoms with van der Waals surface area (Å²) < 4.78 is 33.5. The van der Waals surface area contributed by atoms with Crippen LogP contribution in [0.25, 0.3) is 0 Å². The van der Waals surface area contributed by atoms with Gasteiger partial charge >= 0.3 is 12.1 Å². The van der Waals surface area contributed by atoms with Crippen molar-refractivity contribution in [2.75, 3.05) is 6.54 Å². The molecule has 0 saturated carbocycles. The maximum atomic E-state index is 12.8. The van der Waals surface area contributed by atoms with Gasteiger partial charge in [-0.3, -0.25) is 4.90 Å². The van der Waals surface area contributed by atoms with E-state index >= 15 is 0 Å². The first-order valence-electron chi connectivity index (χ1n) is 10.3. The SMILES string of the molecule is CC(C)(C)OC(=O)N1Cc2cc(S(=O)(=O)NCCc3ccccc3)ccc2CC1C(=O)O. The van der Waals surface area contributed by atoms with Gasteiger partial charge in [0.15, 0.2) is 0 Å². The molecule has 0 radical (unpaired) electrons. The highest BCUT2D eigenvalue weighted by Crippen LogP contribution is 2.27. The third-order valence-electron chi connectivity index (χ3n) is 5.08. The van der Waals surface area contributed by atoms with Gasteiger partial charge in [-0.2, -0.15) is 0 Å². The normalized spacial score (nSPS) is 16.3. The molecule has 1 aliphatic heterocycles. The number of sulfonamides is 1. The van der Waals surface area contributed by atoms with Gasteiger partial charge in [-0.05, 0) is 56.0 Å². The molecule has 1 heterocycles. The number of amides is 1. The summed E-state index contributed by atoms with van der Waals surface area (Å²) in [6.45, 7) is 5.29. The quantitative estimate of drug-likeness (QED) is 0.685.